The largest absolute Gasteiger partial charge is 0.480 e. The van der Waals surface area contributed by atoms with E-state index in [1.165, 1.54) is 13.0 Å². The number of carboxylic acids is 1. The Labute approximate surface area is 84.6 Å². The van der Waals surface area contributed by atoms with Gasteiger partial charge in [-0.05, 0) is 0 Å². The van der Waals surface area contributed by atoms with Gasteiger partial charge in [-0.2, -0.15) is 0 Å². The first-order chi connectivity index (χ1) is 6.47. The summed E-state index contributed by atoms with van der Waals surface area (Å²) in [5.41, 5.74) is 0. The van der Waals surface area contributed by atoms with E-state index in [4.69, 9.17) is 5.11 Å². The van der Waals surface area contributed by atoms with Gasteiger partial charge in [0.05, 0.1) is 5.75 Å². The molecule has 0 aromatic heterocycles. The van der Waals surface area contributed by atoms with Gasteiger partial charge >= 0.3 is 5.97 Å². The fraction of sp³-hybridized carbons (Fsp3) is 0.500. The van der Waals surface area contributed by atoms with Crippen LogP contribution in [0.3, 0.4) is 0 Å². The van der Waals surface area contributed by atoms with Crippen molar-refractivity contribution >= 4 is 22.7 Å². The zero-order valence-electron chi connectivity index (χ0n) is 7.86. The maximum atomic E-state index is 11.2. The third-order valence-electron chi connectivity index (χ3n) is 1.33. The van der Waals surface area contributed by atoms with Crippen LogP contribution in [0.25, 0.3) is 0 Å². The number of carbonyl (C=O) groups excluding carboxylic acids is 1. The minimum atomic E-state index is -1.30. The molecule has 0 aliphatic carbocycles. The standard InChI is InChI=1S/C8H13NO4S/c1-3-4-14(13)5-7(8(11)12)9-6(2)10/h3,7H,1,4-5H2,2H3,(H,9,10)(H,11,12). The van der Waals surface area contributed by atoms with Gasteiger partial charge in [0.1, 0.15) is 6.04 Å². The number of hydrogen-bond donors (Lipinski definition) is 2. The molecule has 0 fully saturated rings. The summed E-state index contributed by atoms with van der Waals surface area (Å²) < 4.78 is 11.2. The Balaban J connectivity index is 4.22. The second kappa shape index (κ2) is 6.31. The Morgan fingerprint density at radius 3 is 2.57 bits per heavy atom. The van der Waals surface area contributed by atoms with E-state index in [0.717, 1.165) is 0 Å². The minimum absolute atomic E-state index is 0.0963. The van der Waals surface area contributed by atoms with Gasteiger partial charge in [0.25, 0.3) is 0 Å². The molecule has 1 amide bonds. The second-order valence-electron chi connectivity index (χ2n) is 2.65. The lowest BCUT2D eigenvalue weighted by Crippen LogP contribution is -2.43. The smallest absolute Gasteiger partial charge is 0.327 e. The first-order valence-corrected chi connectivity index (χ1v) is 5.42. The van der Waals surface area contributed by atoms with Gasteiger partial charge < -0.3 is 10.4 Å². The number of carboxylic acid groups (broad SMARTS) is 1. The van der Waals surface area contributed by atoms with Crippen LogP contribution in [0.2, 0.25) is 0 Å². The fourth-order valence-electron chi connectivity index (χ4n) is 0.805. The summed E-state index contributed by atoms with van der Waals surface area (Å²) in [4.78, 5) is 21.2. The van der Waals surface area contributed by atoms with Crippen LogP contribution in [-0.2, 0) is 20.4 Å². The zero-order valence-corrected chi connectivity index (χ0v) is 8.67. The third kappa shape index (κ3) is 5.47. The molecule has 5 nitrogen and oxygen atoms in total. The number of hydrogen-bond acceptors (Lipinski definition) is 3. The maximum absolute atomic E-state index is 11.2. The molecule has 14 heavy (non-hydrogen) atoms. The van der Waals surface area contributed by atoms with Crippen molar-refractivity contribution in [2.75, 3.05) is 11.5 Å². The topological polar surface area (TPSA) is 83.5 Å². The molecule has 0 saturated heterocycles. The van der Waals surface area contributed by atoms with Crippen LogP contribution >= 0.6 is 0 Å². The average molecular weight is 219 g/mol. The molecule has 0 spiro atoms. The van der Waals surface area contributed by atoms with Crippen molar-refractivity contribution in [3.8, 4) is 0 Å². The Morgan fingerprint density at radius 1 is 1.64 bits per heavy atom. The lowest BCUT2D eigenvalue weighted by atomic mass is 10.3. The molecule has 2 N–H and O–H groups in total. The quantitative estimate of drug-likeness (QED) is 0.590. The molecular weight excluding hydrogens is 206 g/mol. The van der Waals surface area contributed by atoms with Crippen LogP contribution in [0, 0.1) is 0 Å². The van der Waals surface area contributed by atoms with Crippen molar-refractivity contribution in [3.05, 3.63) is 12.7 Å². The summed E-state index contributed by atoms with van der Waals surface area (Å²) in [7, 11) is -1.30. The van der Waals surface area contributed by atoms with Crippen molar-refractivity contribution in [3.63, 3.8) is 0 Å². The molecule has 0 aromatic rings. The number of nitrogens with one attached hydrogen (secondary N) is 1. The molecular formula is C8H13NO4S. The average Bonchev–Trinajstić information content (AvgIpc) is 2.02. The Kier molecular flexibility index (Phi) is 5.78. The van der Waals surface area contributed by atoms with Crippen molar-refractivity contribution in [2.24, 2.45) is 0 Å². The molecule has 0 aliphatic rings. The van der Waals surface area contributed by atoms with E-state index >= 15 is 0 Å². The highest BCUT2D eigenvalue weighted by Gasteiger charge is 2.20. The summed E-state index contributed by atoms with van der Waals surface area (Å²) >= 11 is 0. The lowest BCUT2D eigenvalue weighted by molar-refractivity contribution is -0.140. The highest BCUT2D eigenvalue weighted by Crippen LogP contribution is 1.91. The summed E-state index contributed by atoms with van der Waals surface area (Å²) in [6.45, 7) is 4.60. The van der Waals surface area contributed by atoms with Gasteiger partial charge in [-0.25, -0.2) is 4.79 Å². The van der Waals surface area contributed by atoms with E-state index in [9.17, 15) is 13.8 Å². The molecule has 2 unspecified atom stereocenters. The number of rotatable bonds is 6. The van der Waals surface area contributed by atoms with E-state index in [1.54, 1.807) is 0 Å². The van der Waals surface area contributed by atoms with E-state index in [0.29, 0.717) is 0 Å². The normalized spacial score (nSPS) is 14.1. The predicted octanol–water partition coefficient (Wildman–Crippen LogP) is -0.490. The fourth-order valence-corrected chi connectivity index (χ4v) is 1.80. The monoisotopic (exact) mass is 219 g/mol. The van der Waals surface area contributed by atoms with Crippen molar-refractivity contribution in [1.82, 2.24) is 5.32 Å². The highest BCUT2D eigenvalue weighted by atomic mass is 32.2. The molecule has 80 valence electrons. The third-order valence-corrected chi connectivity index (χ3v) is 2.64. The van der Waals surface area contributed by atoms with Crippen molar-refractivity contribution < 1.29 is 18.9 Å². The molecule has 6 heteroatoms. The van der Waals surface area contributed by atoms with Gasteiger partial charge in [0, 0.05) is 23.5 Å². The van der Waals surface area contributed by atoms with Gasteiger partial charge in [-0.1, -0.05) is 6.08 Å². The Bertz CT molecular complexity index is 264. The SMILES string of the molecule is C=CCS(=O)CC(NC(C)=O)C(=O)O. The number of aliphatic carboxylic acids is 1. The van der Waals surface area contributed by atoms with Crippen LogP contribution in [0.4, 0.5) is 0 Å². The van der Waals surface area contributed by atoms with Crippen molar-refractivity contribution in [2.45, 2.75) is 13.0 Å². The highest BCUT2D eigenvalue weighted by molar-refractivity contribution is 7.85. The maximum Gasteiger partial charge on any atom is 0.327 e. The molecule has 0 radical (unpaired) electrons. The molecule has 0 rings (SSSR count). The molecule has 0 heterocycles. The lowest BCUT2D eigenvalue weighted by Gasteiger charge is -2.11. The number of carbonyl (C=O) groups is 2. The second-order valence-corrected chi connectivity index (χ2v) is 4.20. The molecule has 0 bridgehead atoms. The van der Waals surface area contributed by atoms with Gasteiger partial charge in [0.15, 0.2) is 0 Å². The van der Waals surface area contributed by atoms with E-state index in [2.05, 4.69) is 11.9 Å². The molecule has 0 aliphatic heterocycles. The van der Waals surface area contributed by atoms with Crippen LogP contribution in [-0.4, -0.2) is 38.7 Å². The van der Waals surface area contributed by atoms with Gasteiger partial charge in [-0.3, -0.25) is 9.00 Å². The van der Waals surface area contributed by atoms with Gasteiger partial charge in [0.2, 0.25) is 5.91 Å². The molecule has 0 saturated carbocycles. The zero-order chi connectivity index (χ0) is 11.1. The van der Waals surface area contributed by atoms with E-state index in [1.807, 2.05) is 0 Å². The molecule has 0 aromatic carbocycles. The first-order valence-electron chi connectivity index (χ1n) is 3.93. The van der Waals surface area contributed by atoms with Crippen LogP contribution in [0.15, 0.2) is 12.7 Å². The number of amides is 1. The van der Waals surface area contributed by atoms with Crippen molar-refractivity contribution in [1.29, 1.82) is 0 Å². The minimum Gasteiger partial charge on any atom is -0.480 e. The van der Waals surface area contributed by atoms with E-state index < -0.39 is 28.7 Å². The first kappa shape index (κ1) is 12.8. The summed E-state index contributed by atoms with van der Waals surface area (Å²) in [5, 5.41) is 10.9. The van der Waals surface area contributed by atoms with Gasteiger partial charge in [-0.15, -0.1) is 6.58 Å². The summed E-state index contributed by atoms with van der Waals surface area (Å²) in [6.07, 6.45) is 1.45. The Morgan fingerprint density at radius 2 is 2.21 bits per heavy atom. The summed E-state index contributed by atoms with van der Waals surface area (Å²) in [6, 6.07) is -1.09. The van der Waals surface area contributed by atoms with Crippen LogP contribution in [0.1, 0.15) is 6.92 Å². The van der Waals surface area contributed by atoms with Crippen LogP contribution in [0.5, 0.6) is 0 Å². The van der Waals surface area contributed by atoms with E-state index in [-0.39, 0.29) is 11.5 Å². The summed E-state index contributed by atoms with van der Waals surface area (Å²) in [5.74, 6) is -1.50. The molecule has 2 atom stereocenters. The Hall–Kier alpha value is -1.17. The predicted molar refractivity (Wildman–Crippen MR) is 53.3 cm³/mol. The van der Waals surface area contributed by atoms with Crippen LogP contribution < -0.4 is 5.32 Å².